The second kappa shape index (κ2) is 9.72. The van der Waals surface area contributed by atoms with Crippen LogP contribution in [0.2, 0.25) is 0 Å². The molecule has 0 nitrogen and oxygen atoms in total. The fraction of sp³-hybridized carbons (Fsp3) is 0.125. The lowest BCUT2D eigenvalue weighted by molar-refractivity contribution is 1.40. The molecule has 0 fully saturated rings. The Hall–Kier alpha value is -1.82. The highest BCUT2D eigenvalue weighted by atomic mass is 13.9. The fourth-order valence-electron chi connectivity index (χ4n) is 1.02. The predicted molar refractivity (Wildman–Crippen MR) is 73.6 cm³/mol. The van der Waals surface area contributed by atoms with Gasteiger partial charge in [-0.2, -0.15) is 0 Å². The van der Waals surface area contributed by atoms with Crippen molar-refractivity contribution in [2.45, 2.75) is 13.8 Å². The first-order valence-electron chi connectivity index (χ1n) is 5.32. The third kappa shape index (κ3) is 7.57. The SMILES string of the molecule is C=C.Cc1ccc(C)cc1.c1ccccc1. The molecule has 0 aliphatic heterocycles. The molecule has 0 aliphatic carbocycles. The molecule has 0 saturated heterocycles. The Morgan fingerprint density at radius 3 is 0.938 bits per heavy atom. The fourth-order valence-corrected chi connectivity index (χ4v) is 1.02. The number of rotatable bonds is 0. The van der Waals surface area contributed by atoms with Crippen LogP contribution in [0.25, 0.3) is 0 Å². The van der Waals surface area contributed by atoms with E-state index in [2.05, 4.69) is 51.3 Å². The molecule has 0 amide bonds. The van der Waals surface area contributed by atoms with Gasteiger partial charge in [0, 0.05) is 0 Å². The van der Waals surface area contributed by atoms with Crippen molar-refractivity contribution in [2.75, 3.05) is 0 Å². The van der Waals surface area contributed by atoms with Crippen LogP contribution in [0.5, 0.6) is 0 Å². The van der Waals surface area contributed by atoms with Crippen molar-refractivity contribution in [3.63, 3.8) is 0 Å². The van der Waals surface area contributed by atoms with Gasteiger partial charge in [0.1, 0.15) is 0 Å². The van der Waals surface area contributed by atoms with Gasteiger partial charge in [-0.05, 0) is 13.8 Å². The van der Waals surface area contributed by atoms with E-state index >= 15 is 0 Å². The molecule has 2 rings (SSSR count). The molecule has 0 heterocycles. The van der Waals surface area contributed by atoms with Gasteiger partial charge in [0.2, 0.25) is 0 Å². The van der Waals surface area contributed by atoms with Crippen molar-refractivity contribution in [1.82, 2.24) is 0 Å². The molecule has 0 radical (unpaired) electrons. The zero-order valence-corrected chi connectivity index (χ0v) is 10.2. The first kappa shape index (κ1) is 14.2. The smallest absolute Gasteiger partial charge is 0.0398 e. The minimum absolute atomic E-state index is 1.33. The lowest BCUT2D eigenvalue weighted by Gasteiger charge is -1.90. The summed E-state index contributed by atoms with van der Waals surface area (Å²) in [6.07, 6.45) is 0. The van der Waals surface area contributed by atoms with Crippen molar-refractivity contribution in [1.29, 1.82) is 0 Å². The molecular weight excluding hydrogens is 192 g/mol. The molecule has 2 aromatic carbocycles. The van der Waals surface area contributed by atoms with Gasteiger partial charge < -0.3 is 0 Å². The third-order valence-electron chi connectivity index (χ3n) is 1.88. The highest BCUT2D eigenvalue weighted by Gasteiger charge is 1.79. The lowest BCUT2D eigenvalue weighted by atomic mass is 10.2. The summed E-state index contributed by atoms with van der Waals surface area (Å²) in [4.78, 5) is 0. The molecule has 0 N–H and O–H groups in total. The molecule has 0 unspecified atom stereocenters. The van der Waals surface area contributed by atoms with Gasteiger partial charge in [-0.3, -0.25) is 0 Å². The van der Waals surface area contributed by atoms with Gasteiger partial charge in [0.25, 0.3) is 0 Å². The molecular formula is C16H20. The molecule has 16 heavy (non-hydrogen) atoms. The summed E-state index contributed by atoms with van der Waals surface area (Å²) in [7, 11) is 0. The van der Waals surface area contributed by atoms with Crippen LogP contribution in [0.3, 0.4) is 0 Å². The Morgan fingerprint density at radius 2 is 0.750 bits per heavy atom. The van der Waals surface area contributed by atoms with E-state index in [1.807, 2.05) is 36.4 Å². The zero-order valence-electron chi connectivity index (χ0n) is 10.2. The van der Waals surface area contributed by atoms with Crippen molar-refractivity contribution in [3.05, 3.63) is 84.9 Å². The van der Waals surface area contributed by atoms with Gasteiger partial charge in [-0.15, -0.1) is 13.2 Å². The maximum absolute atomic E-state index is 3.00. The summed E-state index contributed by atoms with van der Waals surface area (Å²) in [6.45, 7) is 10.2. The lowest BCUT2D eigenvalue weighted by Crippen LogP contribution is -1.70. The Labute approximate surface area is 99.3 Å². The van der Waals surface area contributed by atoms with E-state index in [9.17, 15) is 0 Å². The maximum Gasteiger partial charge on any atom is -0.0398 e. The second-order valence-electron chi connectivity index (χ2n) is 3.31. The van der Waals surface area contributed by atoms with Gasteiger partial charge in [0.15, 0.2) is 0 Å². The third-order valence-corrected chi connectivity index (χ3v) is 1.88. The first-order chi connectivity index (χ1) is 7.79. The minimum Gasteiger partial charge on any atom is -0.106 e. The monoisotopic (exact) mass is 212 g/mol. The average molecular weight is 212 g/mol. The predicted octanol–water partition coefficient (Wildman–Crippen LogP) is 4.79. The summed E-state index contributed by atoms with van der Waals surface area (Å²) in [5, 5.41) is 0. The van der Waals surface area contributed by atoms with Crippen LogP contribution in [-0.2, 0) is 0 Å². The number of hydrogen-bond donors (Lipinski definition) is 0. The summed E-state index contributed by atoms with van der Waals surface area (Å²) >= 11 is 0. The van der Waals surface area contributed by atoms with Crippen LogP contribution < -0.4 is 0 Å². The molecule has 2 aromatic rings. The van der Waals surface area contributed by atoms with E-state index in [1.54, 1.807) is 0 Å². The Morgan fingerprint density at radius 1 is 0.562 bits per heavy atom. The van der Waals surface area contributed by atoms with E-state index < -0.39 is 0 Å². The number of benzene rings is 2. The summed E-state index contributed by atoms with van der Waals surface area (Å²) < 4.78 is 0. The Balaban J connectivity index is 0.000000251. The highest BCUT2D eigenvalue weighted by Crippen LogP contribution is 1.99. The molecule has 0 spiro atoms. The number of hydrogen-bond acceptors (Lipinski definition) is 0. The topological polar surface area (TPSA) is 0 Å². The summed E-state index contributed by atoms with van der Waals surface area (Å²) in [6, 6.07) is 20.5. The van der Waals surface area contributed by atoms with Crippen molar-refractivity contribution < 1.29 is 0 Å². The molecule has 0 aliphatic rings. The van der Waals surface area contributed by atoms with E-state index in [4.69, 9.17) is 0 Å². The molecule has 0 aromatic heterocycles. The van der Waals surface area contributed by atoms with Crippen molar-refractivity contribution in [2.24, 2.45) is 0 Å². The van der Waals surface area contributed by atoms with Crippen LogP contribution >= 0.6 is 0 Å². The van der Waals surface area contributed by atoms with Crippen molar-refractivity contribution >= 4 is 0 Å². The Kier molecular flexibility index (Phi) is 8.62. The second-order valence-corrected chi connectivity index (χ2v) is 3.31. The van der Waals surface area contributed by atoms with Crippen molar-refractivity contribution in [3.8, 4) is 0 Å². The van der Waals surface area contributed by atoms with E-state index in [0.29, 0.717) is 0 Å². The van der Waals surface area contributed by atoms with Crippen LogP contribution in [-0.4, -0.2) is 0 Å². The minimum atomic E-state index is 1.33. The quantitative estimate of drug-likeness (QED) is 0.551. The first-order valence-corrected chi connectivity index (χ1v) is 5.32. The van der Waals surface area contributed by atoms with E-state index in [-0.39, 0.29) is 0 Å². The van der Waals surface area contributed by atoms with Gasteiger partial charge >= 0.3 is 0 Å². The summed E-state index contributed by atoms with van der Waals surface area (Å²) in [5.41, 5.74) is 2.66. The van der Waals surface area contributed by atoms with Gasteiger partial charge in [-0.25, -0.2) is 0 Å². The molecule has 0 saturated carbocycles. The van der Waals surface area contributed by atoms with Crippen LogP contribution in [0.1, 0.15) is 11.1 Å². The van der Waals surface area contributed by atoms with Crippen LogP contribution in [0, 0.1) is 13.8 Å². The Bertz CT molecular complexity index is 298. The largest absolute Gasteiger partial charge is 0.106 e. The molecule has 0 atom stereocenters. The average Bonchev–Trinajstić information content (AvgIpc) is 2.38. The maximum atomic E-state index is 3.00. The highest BCUT2D eigenvalue weighted by molar-refractivity contribution is 5.19. The summed E-state index contributed by atoms with van der Waals surface area (Å²) in [5.74, 6) is 0. The molecule has 0 heteroatoms. The van der Waals surface area contributed by atoms with Gasteiger partial charge in [0.05, 0.1) is 0 Å². The van der Waals surface area contributed by atoms with E-state index in [1.165, 1.54) is 11.1 Å². The van der Waals surface area contributed by atoms with Crippen LogP contribution in [0.4, 0.5) is 0 Å². The standard InChI is InChI=1S/C8H10.C6H6.C2H4/c1-7-3-5-8(2)6-4-7;1-2-4-6-5-3-1;1-2/h3-6H,1-2H3;1-6H;1-2H2. The zero-order chi connectivity index (χ0) is 12.2. The number of aryl methyl sites for hydroxylation is 2. The van der Waals surface area contributed by atoms with Crippen LogP contribution in [0.15, 0.2) is 73.8 Å². The molecule has 0 bridgehead atoms. The van der Waals surface area contributed by atoms with Gasteiger partial charge in [-0.1, -0.05) is 71.8 Å². The van der Waals surface area contributed by atoms with E-state index in [0.717, 1.165) is 0 Å². The normalized spacial score (nSPS) is 7.88. The molecule has 84 valence electrons.